The highest BCUT2D eigenvalue weighted by Gasteiger charge is 2.19. The van der Waals surface area contributed by atoms with Crippen molar-refractivity contribution in [2.75, 3.05) is 30.4 Å². The van der Waals surface area contributed by atoms with Gasteiger partial charge in [-0.05, 0) is 32.0 Å². The monoisotopic (exact) mass is 231 g/mol. The van der Waals surface area contributed by atoms with Crippen LogP contribution in [0.3, 0.4) is 0 Å². The Balaban J connectivity index is 2.27. The Labute approximate surface area is 102 Å². The molecule has 0 aromatic heterocycles. The molecule has 0 radical (unpaired) electrons. The molecule has 17 heavy (non-hydrogen) atoms. The number of hydrogen-bond donors (Lipinski definition) is 1. The van der Waals surface area contributed by atoms with Gasteiger partial charge < -0.3 is 15.0 Å². The molecule has 1 aliphatic rings. The Bertz CT molecular complexity index is 462. The molecule has 4 nitrogen and oxygen atoms in total. The largest absolute Gasteiger partial charge is 0.490 e. The van der Waals surface area contributed by atoms with E-state index in [-0.39, 0.29) is 0 Å². The van der Waals surface area contributed by atoms with Crippen LogP contribution >= 0.6 is 0 Å². The summed E-state index contributed by atoms with van der Waals surface area (Å²) < 4.78 is 5.57. The summed E-state index contributed by atoms with van der Waals surface area (Å²) in [5.74, 6) is 0.902. The average molecular weight is 231 g/mol. The van der Waals surface area contributed by atoms with Crippen LogP contribution in [0.5, 0.6) is 5.75 Å². The average Bonchev–Trinajstić information content (AvgIpc) is 2.30. The number of hydrogen-bond acceptors (Lipinski definition) is 4. The van der Waals surface area contributed by atoms with Crippen LogP contribution in [0, 0.1) is 11.3 Å². The normalized spacial score (nSPS) is 14.6. The van der Waals surface area contributed by atoms with Gasteiger partial charge in [0.25, 0.3) is 0 Å². The predicted molar refractivity (Wildman–Crippen MR) is 68.5 cm³/mol. The van der Waals surface area contributed by atoms with Crippen molar-refractivity contribution in [3.05, 3.63) is 18.2 Å². The molecule has 0 atom stereocenters. The Morgan fingerprint density at radius 3 is 2.94 bits per heavy atom. The molecule has 1 aromatic rings. The summed E-state index contributed by atoms with van der Waals surface area (Å²) >= 11 is 0. The first-order chi connectivity index (χ1) is 8.02. The number of nitriles is 1. The first-order valence-electron chi connectivity index (χ1n) is 5.69. The molecule has 0 bridgehead atoms. The van der Waals surface area contributed by atoms with Crippen molar-refractivity contribution in [3.8, 4) is 11.8 Å². The SMILES string of the molecule is CN1CCOc2ccc(NC(C)(C)C#N)cc21. The second-order valence-corrected chi connectivity index (χ2v) is 4.81. The quantitative estimate of drug-likeness (QED) is 0.848. The summed E-state index contributed by atoms with van der Waals surface area (Å²) in [7, 11) is 2.04. The van der Waals surface area contributed by atoms with Crippen molar-refractivity contribution in [3.63, 3.8) is 0 Å². The lowest BCUT2D eigenvalue weighted by atomic mass is 10.1. The molecule has 0 fully saturated rings. The van der Waals surface area contributed by atoms with Crippen LogP contribution in [0.1, 0.15) is 13.8 Å². The highest BCUT2D eigenvalue weighted by molar-refractivity contribution is 5.67. The van der Waals surface area contributed by atoms with E-state index in [2.05, 4.69) is 16.3 Å². The molecule has 1 aromatic carbocycles. The minimum Gasteiger partial charge on any atom is -0.490 e. The van der Waals surface area contributed by atoms with Gasteiger partial charge in [-0.1, -0.05) is 0 Å². The van der Waals surface area contributed by atoms with Gasteiger partial charge in [0, 0.05) is 12.7 Å². The number of anilines is 2. The summed E-state index contributed by atoms with van der Waals surface area (Å²) in [6.45, 7) is 5.32. The fraction of sp³-hybridized carbons (Fsp3) is 0.462. The number of likely N-dealkylation sites (N-methyl/N-ethyl adjacent to an activating group) is 1. The van der Waals surface area contributed by atoms with E-state index in [1.165, 1.54) is 0 Å². The van der Waals surface area contributed by atoms with E-state index >= 15 is 0 Å². The van der Waals surface area contributed by atoms with Gasteiger partial charge >= 0.3 is 0 Å². The van der Waals surface area contributed by atoms with Gasteiger partial charge in [0.1, 0.15) is 17.9 Å². The van der Waals surface area contributed by atoms with Crippen LogP contribution in [0.15, 0.2) is 18.2 Å². The maximum absolute atomic E-state index is 9.00. The zero-order valence-corrected chi connectivity index (χ0v) is 10.4. The first kappa shape index (κ1) is 11.6. The van der Waals surface area contributed by atoms with Crippen LogP contribution in [-0.4, -0.2) is 25.7 Å². The third kappa shape index (κ3) is 2.44. The maximum Gasteiger partial charge on any atom is 0.142 e. The number of fused-ring (bicyclic) bond motifs is 1. The van der Waals surface area contributed by atoms with Crippen molar-refractivity contribution < 1.29 is 4.74 Å². The number of benzene rings is 1. The number of rotatable bonds is 2. The van der Waals surface area contributed by atoms with E-state index < -0.39 is 5.54 Å². The minimum atomic E-state index is -0.567. The number of nitrogens with one attached hydrogen (secondary N) is 1. The van der Waals surface area contributed by atoms with Gasteiger partial charge in [-0.15, -0.1) is 0 Å². The van der Waals surface area contributed by atoms with Gasteiger partial charge in [-0.2, -0.15) is 5.26 Å². The van der Waals surface area contributed by atoms with E-state index in [0.717, 1.165) is 30.3 Å². The van der Waals surface area contributed by atoms with Crippen LogP contribution in [0.2, 0.25) is 0 Å². The van der Waals surface area contributed by atoms with E-state index in [9.17, 15) is 0 Å². The first-order valence-corrected chi connectivity index (χ1v) is 5.69. The predicted octanol–water partition coefficient (Wildman–Crippen LogP) is 2.23. The standard InChI is InChI=1S/C13H17N3O/c1-13(2,9-14)15-10-4-5-12-11(8-10)16(3)6-7-17-12/h4-5,8,15H,6-7H2,1-3H3. The fourth-order valence-electron chi connectivity index (χ4n) is 1.82. The van der Waals surface area contributed by atoms with Crippen molar-refractivity contribution in [2.45, 2.75) is 19.4 Å². The van der Waals surface area contributed by atoms with Gasteiger partial charge in [-0.3, -0.25) is 0 Å². The Hall–Kier alpha value is -1.89. The Kier molecular flexibility index (Phi) is 2.84. The molecular formula is C13H17N3O. The molecule has 90 valence electrons. The number of nitrogens with zero attached hydrogens (tertiary/aromatic N) is 2. The van der Waals surface area contributed by atoms with Crippen LogP contribution in [0.25, 0.3) is 0 Å². The molecular weight excluding hydrogens is 214 g/mol. The molecule has 1 aliphatic heterocycles. The van der Waals surface area contributed by atoms with Gasteiger partial charge in [0.2, 0.25) is 0 Å². The lowest BCUT2D eigenvalue weighted by Gasteiger charge is -2.29. The summed E-state index contributed by atoms with van der Waals surface area (Å²) in [6, 6.07) is 8.13. The van der Waals surface area contributed by atoms with Crippen molar-refractivity contribution in [1.82, 2.24) is 0 Å². The highest BCUT2D eigenvalue weighted by atomic mass is 16.5. The highest BCUT2D eigenvalue weighted by Crippen LogP contribution is 2.33. The lowest BCUT2D eigenvalue weighted by molar-refractivity contribution is 0.311. The molecule has 1 heterocycles. The van der Waals surface area contributed by atoms with E-state index in [1.54, 1.807) is 0 Å². The van der Waals surface area contributed by atoms with Gasteiger partial charge in [-0.25, -0.2) is 0 Å². The van der Waals surface area contributed by atoms with Crippen molar-refractivity contribution >= 4 is 11.4 Å². The zero-order valence-electron chi connectivity index (χ0n) is 10.4. The van der Waals surface area contributed by atoms with E-state index in [0.29, 0.717) is 0 Å². The van der Waals surface area contributed by atoms with Crippen LogP contribution in [-0.2, 0) is 0 Å². The summed E-state index contributed by atoms with van der Waals surface area (Å²) in [5.41, 5.74) is 1.44. The number of ether oxygens (including phenoxy) is 1. The molecule has 1 N–H and O–H groups in total. The molecule has 2 rings (SSSR count). The molecule has 0 saturated heterocycles. The molecule has 0 amide bonds. The molecule has 4 heteroatoms. The van der Waals surface area contributed by atoms with E-state index in [1.807, 2.05) is 39.1 Å². The Morgan fingerprint density at radius 2 is 2.24 bits per heavy atom. The molecule has 0 aliphatic carbocycles. The zero-order chi connectivity index (χ0) is 12.5. The second kappa shape index (κ2) is 4.17. The van der Waals surface area contributed by atoms with Crippen molar-refractivity contribution in [1.29, 1.82) is 5.26 Å². The second-order valence-electron chi connectivity index (χ2n) is 4.81. The summed E-state index contributed by atoms with van der Waals surface area (Å²) in [4.78, 5) is 2.16. The molecule has 0 saturated carbocycles. The van der Waals surface area contributed by atoms with Crippen LogP contribution < -0.4 is 15.0 Å². The smallest absolute Gasteiger partial charge is 0.142 e. The molecule has 0 spiro atoms. The van der Waals surface area contributed by atoms with E-state index in [4.69, 9.17) is 10.00 Å². The van der Waals surface area contributed by atoms with Crippen molar-refractivity contribution in [2.24, 2.45) is 0 Å². The van der Waals surface area contributed by atoms with Crippen LogP contribution in [0.4, 0.5) is 11.4 Å². The van der Waals surface area contributed by atoms with Gasteiger partial charge in [0.05, 0.1) is 18.3 Å². The minimum absolute atomic E-state index is 0.567. The topological polar surface area (TPSA) is 48.3 Å². The Morgan fingerprint density at radius 1 is 1.47 bits per heavy atom. The molecule has 0 unspecified atom stereocenters. The third-order valence-corrected chi connectivity index (χ3v) is 2.79. The summed E-state index contributed by atoms with van der Waals surface area (Å²) in [5, 5.41) is 12.2. The van der Waals surface area contributed by atoms with Gasteiger partial charge in [0.15, 0.2) is 0 Å². The maximum atomic E-state index is 9.00. The summed E-state index contributed by atoms with van der Waals surface area (Å²) in [6.07, 6.45) is 0. The lowest BCUT2D eigenvalue weighted by Crippen LogP contribution is -2.30. The fourth-order valence-corrected chi connectivity index (χ4v) is 1.82. The third-order valence-electron chi connectivity index (χ3n) is 2.79.